The summed E-state index contributed by atoms with van der Waals surface area (Å²) in [6.07, 6.45) is 2.32. The monoisotopic (exact) mass is 275 g/mol. The molecule has 0 amide bonds. The number of rotatable bonds is 4. The number of hydrogen-bond acceptors (Lipinski definition) is 4. The van der Waals surface area contributed by atoms with Crippen molar-refractivity contribution in [3.05, 3.63) is 43.0 Å². The molecule has 5 heteroatoms. The lowest BCUT2D eigenvalue weighted by Crippen LogP contribution is -2.50. The van der Waals surface area contributed by atoms with Crippen molar-refractivity contribution in [3.63, 3.8) is 0 Å². The molecule has 0 aliphatic rings. The summed E-state index contributed by atoms with van der Waals surface area (Å²) in [7, 11) is 0. The number of aliphatic hydroxyl groups is 1. The van der Waals surface area contributed by atoms with E-state index in [1.165, 1.54) is 11.0 Å². The predicted octanol–water partition coefficient (Wildman–Crippen LogP) is 2.65. The van der Waals surface area contributed by atoms with E-state index in [-0.39, 0.29) is 0 Å². The lowest BCUT2D eigenvalue weighted by atomic mass is 9.76. The van der Waals surface area contributed by atoms with Crippen LogP contribution in [0.2, 0.25) is 0 Å². The van der Waals surface area contributed by atoms with Crippen molar-refractivity contribution in [1.82, 2.24) is 14.8 Å². The van der Waals surface area contributed by atoms with Gasteiger partial charge >= 0.3 is 0 Å². The zero-order valence-electron chi connectivity index (χ0n) is 12.3. The summed E-state index contributed by atoms with van der Waals surface area (Å²) in [6, 6.07) is 9.39. The summed E-state index contributed by atoms with van der Waals surface area (Å²) in [6.45, 7) is 7.64. The van der Waals surface area contributed by atoms with E-state index in [4.69, 9.17) is 4.74 Å². The molecule has 0 aliphatic heterocycles. The fourth-order valence-corrected chi connectivity index (χ4v) is 1.76. The number of nitrogens with zero attached hydrogens (tertiary/aromatic N) is 3. The SMILES string of the molecule is CC(C)(C)C(C)(O)C(Oc1ccccc1)n1cncn1. The van der Waals surface area contributed by atoms with E-state index < -0.39 is 17.2 Å². The summed E-state index contributed by atoms with van der Waals surface area (Å²) in [5.74, 6) is 0.678. The van der Waals surface area contributed by atoms with Gasteiger partial charge in [0.25, 0.3) is 0 Å². The van der Waals surface area contributed by atoms with Crippen molar-refractivity contribution in [2.75, 3.05) is 0 Å². The average molecular weight is 275 g/mol. The van der Waals surface area contributed by atoms with Crippen molar-refractivity contribution >= 4 is 0 Å². The van der Waals surface area contributed by atoms with Crippen LogP contribution in [-0.4, -0.2) is 25.5 Å². The van der Waals surface area contributed by atoms with Gasteiger partial charge in [0.05, 0.1) is 0 Å². The van der Waals surface area contributed by atoms with Crippen molar-refractivity contribution in [2.24, 2.45) is 5.41 Å². The summed E-state index contributed by atoms with van der Waals surface area (Å²) < 4.78 is 7.50. The summed E-state index contributed by atoms with van der Waals surface area (Å²) >= 11 is 0. The zero-order chi connectivity index (χ0) is 14.8. The Labute approximate surface area is 119 Å². The van der Waals surface area contributed by atoms with E-state index >= 15 is 0 Å². The number of aromatic nitrogens is 3. The molecule has 1 aromatic heterocycles. The molecular formula is C15H21N3O2. The number of para-hydroxylation sites is 1. The first kappa shape index (κ1) is 14.5. The Kier molecular flexibility index (Phi) is 3.81. The van der Waals surface area contributed by atoms with Gasteiger partial charge in [-0.25, -0.2) is 9.67 Å². The van der Waals surface area contributed by atoms with Gasteiger partial charge in [-0.05, 0) is 24.5 Å². The Bertz CT molecular complexity index is 530. The third-order valence-electron chi connectivity index (χ3n) is 3.67. The van der Waals surface area contributed by atoms with E-state index in [0.29, 0.717) is 5.75 Å². The highest BCUT2D eigenvalue weighted by molar-refractivity contribution is 5.21. The van der Waals surface area contributed by atoms with Crippen LogP contribution in [-0.2, 0) is 0 Å². The smallest absolute Gasteiger partial charge is 0.221 e. The molecule has 0 bridgehead atoms. The lowest BCUT2D eigenvalue weighted by molar-refractivity contribution is -0.153. The van der Waals surface area contributed by atoms with Crippen LogP contribution < -0.4 is 4.74 Å². The van der Waals surface area contributed by atoms with Crippen molar-refractivity contribution in [1.29, 1.82) is 0 Å². The van der Waals surface area contributed by atoms with Gasteiger partial charge < -0.3 is 9.84 Å². The van der Waals surface area contributed by atoms with Crippen molar-refractivity contribution < 1.29 is 9.84 Å². The minimum Gasteiger partial charge on any atom is -0.466 e. The largest absolute Gasteiger partial charge is 0.466 e. The Morgan fingerprint density at radius 2 is 1.80 bits per heavy atom. The van der Waals surface area contributed by atoms with Crippen LogP contribution in [0.3, 0.4) is 0 Å². The highest BCUT2D eigenvalue weighted by Gasteiger charge is 2.46. The fourth-order valence-electron chi connectivity index (χ4n) is 1.76. The van der Waals surface area contributed by atoms with E-state index in [0.717, 1.165) is 0 Å². The molecule has 0 radical (unpaired) electrons. The maximum atomic E-state index is 10.9. The first-order valence-corrected chi connectivity index (χ1v) is 6.60. The Balaban J connectivity index is 2.36. The number of ether oxygens (including phenoxy) is 1. The van der Waals surface area contributed by atoms with Crippen molar-refractivity contribution in [2.45, 2.75) is 39.5 Å². The van der Waals surface area contributed by atoms with Gasteiger partial charge in [-0.15, -0.1) is 0 Å². The Morgan fingerprint density at radius 3 is 2.30 bits per heavy atom. The fraction of sp³-hybridized carbons (Fsp3) is 0.467. The van der Waals surface area contributed by atoms with Crippen LogP contribution in [0.4, 0.5) is 0 Å². The summed E-state index contributed by atoms with van der Waals surface area (Å²) in [5.41, 5.74) is -1.52. The van der Waals surface area contributed by atoms with Gasteiger partial charge in [0.15, 0.2) is 0 Å². The topological polar surface area (TPSA) is 60.2 Å². The first-order chi connectivity index (χ1) is 9.32. The molecule has 1 heterocycles. The van der Waals surface area contributed by atoms with Crippen LogP contribution in [0.1, 0.15) is 33.9 Å². The molecule has 2 aromatic rings. The van der Waals surface area contributed by atoms with Gasteiger partial charge in [0.2, 0.25) is 6.23 Å². The third-order valence-corrected chi connectivity index (χ3v) is 3.67. The molecule has 2 rings (SSSR count). The second-order valence-corrected chi connectivity index (χ2v) is 6.06. The van der Waals surface area contributed by atoms with Crippen molar-refractivity contribution in [3.8, 4) is 5.75 Å². The highest BCUT2D eigenvalue weighted by atomic mass is 16.5. The molecule has 108 valence electrons. The zero-order valence-corrected chi connectivity index (χ0v) is 12.3. The predicted molar refractivity (Wildman–Crippen MR) is 76.2 cm³/mol. The molecule has 0 spiro atoms. The molecule has 0 aliphatic carbocycles. The van der Waals surface area contributed by atoms with Crippen LogP contribution in [0.25, 0.3) is 0 Å². The number of benzene rings is 1. The maximum absolute atomic E-state index is 10.9. The molecule has 0 saturated carbocycles. The minimum atomic E-state index is -1.13. The molecule has 0 saturated heterocycles. The van der Waals surface area contributed by atoms with Gasteiger partial charge in [-0.3, -0.25) is 0 Å². The van der Waals surface area contributed by atoms with Gasteiger partial charge in [-0.2, -0.15) is 5.10 Å². The van der Waals surface area contributed by atoms with Gasteiger partial charge in [0.1, 0.15) is 24.0 Å². The second kappa shape index (κ2) is 5.25. The maximum Gasteiger partial charge on any atom is 0.221 e. The third kappa shape index (κ3) is 2.82. The highest BCUT2D eigenvalue weighted by Crippen LogP contribution is 2.39. The summed E-state index contributed by atoms with van der Waals surface area (Å²) in [5, 5.41) is 15.0. The molecule has 0 fully saturated rings. The van der Waals surface area contributed by atoms with Gasteiger partial charge in [-0.1, -0.05) is 39.0 Å². The quantitative estimate of drug-likeness (QED) is 0.932. The van der Waals surface area contributed by atoms with Gasteiger partial charge in [0, 0.05) is 0 Å². The molecule has 5 nitrogen and oxygen atoms in total. The normalized spacial score (nSPS) is 16.4. The average Bonchev–Trinajstić information content (AvgIpc) is 2.89. The summed E-state index contributed by atoms with van der Waals surface area (Å²) in [4.78, 5) is 3.94. The Morgan fingerprint density at radius 1 is 1.15 bits per heavy atom. The molecule has 2 unspecified atom stereocenters. The lowest BCUT2D eigenvalue weighted by Gasteiger charge is -2.42. The van der Waals surface area contributed by atoms with Crippen LogP contribution in [0, 0.1) is 5.41 Å². The second-order valence-electron chi connectivity index (χ2n) is 6.06. The minimum absolute atomic E-state index is 0.390. The van der Waals surface area contributed by atoms with Crippen LogP contribution in [0.15, 0.2) is 43.0 Å². The molecule has 2 atom stereocenters. The number of hydrogen-bond donors (Lipinski definition) is 1. The van der Waals surface area contributed by atoms with E-state index in [1.807, 2.05) is 51.1 Å². The van der Waals surface area contributed by atoms with E-state index in [1.54, 1.807) is 13.3 Å². The molecule has 20 heavy (non-hydrogen) atoms. The van der Waals surface area contributed by atoms with Crippen LogP contribution in [0.5, 0.6) is 5.75 Å². The first-order valence-electron chi connectivity index (χ1n) is 6.60. The van der Waals surface area contributed by atoms with Crippen LogP contribution >= 0.6 is 0 Å². The molecular weight excluding hydrogens is 254 g/mol. The van der Waals surface area contributed by atoms with E-state index in [2.05, 4.69) is 10.1 Å². The van der Waals surface area contributed by atoms with E-state index in [9.17, 15) is 5.11 Å². The molecule has 1 aromatic carbocycles. The molecule has 1 N–H and O–H groups in total. The standard InChI is InChI=1S/C15H21N3O2/c1-14(2,3)15(4,19)13(18-11-16-10-17-18)20-12-8-6-5-7-9-12/h5-11,13,19H,1-4H3. The Hall–Kier alpha value is -1.88.